The number of hydrogen-bond donors (Lipinski definition) is 1. The lowest BCUT2D eigenvalue weighted by Gasteiger charge is -2.19. The maximum Gasteiger partial charge on any atom is 0.414 e. The first-order valence-electron chi connectivity index (χ1n) is 4.55. The fourth-order valence-electron chi connectivity index (χ4n) is 1.65. The van der Waals surface area contributed by atoms with Crippen molar-refractivity contribution in [1.82, 2.24) is 9.55 Å². The van der Waals surface area contributed by atoms with E-state index in [4.69, 9.17) is 9.84 Å². The lowest BCUT2D eigenvalue weighted by atomic mass is 10.0. The predicted octanol–water partition coefficient (Wildman–Crippen LogP) is 0.325. The number of nitro groups is 1. The Kier molecular flexibility index (Phi) is 2.11. The van der Waals surface area contributed by atoms with Gasteiger partial charge in [0, 0.05) is 18.0 Å². The van der Waals surface area contributed by atoms with Gasteiger partial charge in [-0.1, -0.05) is 0 Å². The molecular weight excluding hydrogens is 202 g/mol. The quantitative estimate of drug-likeness (QED) is 0.577. The normalized spacial score (nSPS) is 23.6. The molecule has 2 rings (SSSR count). The highest BCUT2D eigenvalue weighted by Crippen LogP contribution is 2.32. The van der Waals surface area contributed by atoms with Crippen molar-refractivity contribution in [2.75, 3.05) is 6.61 Å². The Morgan fingerprint density at radius 3 is 3.13 bits per heavy atom. The third-order valence-corrected chi connectivity index (χ3v) is 2.40. The Balaban J connectivity index is 2.20. The molecule has 1 aliphatic heterocycles. The van der Waals surface area contributed by atoms with Crippen LogP contribution in [0.4, 0.5) is 5.82 Å². The van der Waals surface area contributed by atoms with E-state index in [1.165, 1.54) is 6.20 Å². The molecule has 1 aromatic heterocycles. The highest BCUT2D eigenvalue weighted by molar-refractivity contribution is 5.23. The topological polar surface area (TPSA) is 90.4 Å². The molecule has 0 fully saturated rings. The molecule has 0 radical (unpaired) electrons. The van der Waals surface area contributed by atoms with E-state index in [9.17, 15) is 10.1 Å². The van der Waals surface area contributed by atoms with Crippen molar-refractivity contribution in [2.24, 2.45) is 0 Å². The average molecular weight is 213 g/mol. The van der Waals surface area contributed by atoms with Crippen LogP contribution in [-0.2, 0) is 6.54 Å². The molecule has 1 N–H and O–H groups in total. The van der Waals surface area contributed by atoms with E-state index in [0.29, 0.717) is 13.0 Å². The summed E-state index contributed by atoms with van der Waals surface area (Å²) in [6.07, 6.45) is 1.82. The van der Waals surface area contributed by atoms with Crippen LogP contribution in [-0.4, -0.2) is 31.8 Å². The van der Waals surface area contributed by atoms with Gasteiger partial charge in [-0.3, -0.25) is 4.57 Å². The molecular formula is C8H11N3O4. The fourth-order valence-corrected chi connectivity index (χ4v) is 1.65. The van der Waals surface area contributed by atoms with Gasteiger partial charge in [0.15, 0.2) is 0 Å². The molecule has 82 valence electrons. The summed E-state index contributed by atoms with van der Waals surface area (Å²) < 4.78 is 7.04. The highest BCUT2D eigenvalue weighted by Gasteiger charge is 2.39. The van der Waals surface area contributed by atoms with Gasteiger partial charge < -0.3 is 20.0 Å². The molecule has 1 unspecified atom stereocenters. The van der Waals surface area contributed by atoms with E-state index in [1.54, 1.807) is 4.57 Å². The van der Waals surface area contributed by atoms with Crippen molar-refractivity contribution < 1.29 is 14.8 Å². The fraction of sp³-hybridized carbons (Fsp3) is 0.625. The molecule has 2 heterocycles. The summed E-state index contributed by atoms with van der Waals surface area (Å²) in [4.78, 5) is 13.6. The molecule has 15 heavy (non-hydrogen) atoms. The Hall–Kier alpha value is -1.63. The molecule has 7 heteroatoms. The standard InChI is InChI=1S/C8H11N3O4/c1-8(2-3-12)5-10-4-6(11(13)14)9-7(10)15-8/h4,12H,2-3,5H2,1H3. The van der Waals surface area contributed by atoms with E-state index in [2.05, 4.69) is 4.98 Å². The second-order valence-corrected chi connectivity index (χ2v) is 3.79. The maximum absolute atomic E-state index is 10.4. The van der Waals surface area contributed by atoms with Crippen LogP contribution in [0.2, 0.25) is 0 Å². The van der Waals surface area contributed by atoms with Crippen LogP contribution in [0, 0.1) is 10.1 Å². The van der Waals surface area contributed by atoms with E-state index < -0.39 is 10.5 Å². The van der Waals surface area contributed by atoms with Crippen LogP contribution >= 0.6 is 0 Å². The highest BCUT2D eigenvalue weighted by atomic mass is 16.6. The number of aliphatic hydroxyl groups is 1. The zero-order valence-electron chi connectivity index (χ0n) is 8.21. The monoisotopic (exact) mass is 213 g/mol. The van der Waals surface area contributed by atoms with Crippen molar-refractivity contribution in [3.63, 3.8) is 0 Å². The molecule has 0 aromatic carbocycles. The molecule has 0 bridgehead atoms. The van der Waals surface area contributed by atoms with Gasteiger partial charge in [0.1, 0.15) is 11.8 Å². The predicted molar refractivity (Wildman–Crippen MR) is 49.6 cm³/mol. The van der Waals surface area contributed by atoms with Gasteiger partial charge in [-0.05, 0) is 11.8 Å². The van der Waals surface area contributed by atoms with E-state index in [0.717, 1.165) is 0 Å². The smallest absolute Gasteiger partial charge is 0.414 e. The summed E-state index contributed by atoms with van der Waals surface area (Å²) in [6.45, 7) is 2.33. The van der Waals surface area contributed by atoms with Crippen molar-refractivity contribution in [3.8, 4) is 6.01 Å². The van der Waals surface area contributed by atoms with Crippen molar-refractivity contribution in [1.29, 1.82) is 0 Å². The molecule has 0 spiro atoms. The van der Waals surface area contributed by atoms with Crippen molar-refractivity contribution in [2.45, 2.75) is 25.5 Å². The van der Waals surface area contributed by atoms with E-state index in [1.807, 2.05) is 6.92 Å². The average Bonchev–Trinajstić information content (AvgIpc) is 2.59. The summed E-state index contributed by atoms with van der Waals surface area (Å²) >= 11 is 0. The minimum atomic E-state index is -0.557. The van der Waals surface area contributed by atoms with Crippen LogP contribution in [0.3, 0.4) is 0 Å². The number of hydrogen-bond acceptors (Lipinski definition) is 5. The van der Waals surface area contributed by atoms with Crippen LogP contribution in [0.25, 0.3) is 0 Å². The summed E-state index contributed by atoms with van der Waals surface area (Å²) in [7, 11) is 0. The third-order valence-electron chi connectivity index (χ3n) is 2.40. The van der Waals surface area contributed by atoms with Crippen LogP contribution in [0.15, 0.2) is 6.20 Å². The molecule has 1 aliphatic rings. The molecule has 1 atom stereocenters. The minimum absolute atomic E-state index is 0.0173. The summed E-state index contributed by atoms with van der Waals surface area (Å²) in [6, 6.07) is 0.248. The molecule has 0 saturated heterocycles. The molecule has 0 aliphatic carbocycles. The van der Waals surface area contributed by atoms with Gasteiger partial charge >= 0.3 is 11.8 Å². The number of imidazole rings is 1. The first kappa shape index (κ1) is 9.91. The maximum atomic E-state index is 10.4. The number of fused-ring (bicyclic) bond motifs is 1. The number of rotatable bonds is 3. The SMILES string of the molecule is CC1(CCO)Cn2cc([N+](=O)[O-])nc2O1. The first-order valence-corrected chi connectivity index (χ1v) is 4.55. The van der Waals surface area contributed by atoms with Crippen molar-refractivity contribution >= 4 is 5.82 Å². The summed E-state index contributed by atoms with van der Waals surface area (Å²) in [5.41, 5.74) is -0.508. The van der Waals surface area contributed by atoms with Gasteiger partial charge in [0.05, 0.1) is 6.54 Å². The Morgan fingerprint density at radius 1 is 1.87 bits per heavy atom. The van der Waals surface area contributed by atoms with Gasteiger partial charge in [-0.2, -0.15) is 0 Å². The molecule has 0 amide bonds. The number of aromatic nitrogens is 2. The lowest BCUT2D eigenvalue weighted by molar-refractivity contribution is -0.389. The molecule has 1 aromatic rings. The van der Waals surface area contributed by atoms with E-state index >= 15 is 0 Å². The number of nitrogens with zero attached hydrogens (tertiary/aromatic N) is 3. The van der Waals surface area contributed by atoms with Crippen LogP contribution in [0.1, 0.15) is 13.3 Å². The van der Waals surface area contributed by atoms with Gasteiger partial charge in [0.25, 0.3) is 0 Å². The second kappa shape index (κ2) is 3.20. The second-order valence-electron chi connectivity index (χ2n) is 3.79. The van der Waals surface area contributed by atoms with Crippen molar-refractivity contribution in [3.05, 3.63) is 16.3 Å². The Labute approximate surface area is 85.4 Å². The number of ether oxygens (including phenoxy) is 1. The molecule has 0 saturated carbocycles. The lowest BCUT2D eigenvalue weighted by Crippen LogP contribution is -2.32. The van der Waals surface area contributed by atoms with E-state index in [-0.39, 0.29) is 18.4 Å². The third kappa shape index (κ3) is 1.65. The zero-order chi connectivity index (χ0) is 11.1. The van der Waals surface area contributed by atoms with Crippen LogP contribution < -0.4 is 4.74 Å². The summed E-state index contributed by atoms with van der Waals surface area (Å²) in [5.74, 6) is -0.212. The van der Waals surface area contributed by atoms with Gasteiger partial charge in [-0.25, -0.2) is 0 Å². The zero-order valence-corrected chi connectivity index (χ0v) is 8.21. The number of aliphatic hydroxyl groups excluding tert-OH is 1. The van der Waals surface area contributed by atoms with Crippen LogP contribution in [0.5, 0.6) is 6.01 Å². The Morgan fingerprint density at radius 2 is 2.60 bits per heavy atom. The first-order chi connectivity index (χ1) is 7.04. The van der Waals surface area contributed by atoms with Gasteiger partial charge in [-0.15, -0.1) is 0 Å². The summed E-state index contributed by atoms with van der Waals surface area (Å²) in [5, 5.41) is 19.3. The molecule has 7 nitrogen and oxygen atoms in total. The largest absolute Gasteiger partial charge is 0.437 e. The minimum Gasteiger partial charge on any atom is -0.437 e. The van der Waals surface area contributed by atoms with Gasteiger partial charge in [0.2, 0.25) is 0 Å². The Bertz CT molecular complexity index is 377.